The third kappa shape index (κ3) is 5.89. The number of carbonyl (C=O) groups excluding carboxylic acids is 2. The second-order valence-corrected chi connectivity index (χ2v) is 3.36. The molecule has 94 valence electrons. The third-order valence-corrected chi connectivity index (χ3v) is 1.99. The first-order chi connectivity index (χ1) is 7.59. The van der Waals surface area contributed by atoms with Crippen LogP contribution >= 0.6 is 12.4 Å². The first kappa shape index (κ1) is 15.4. The highest BCUT2D eigenvalue weighted by Crippen LogP contribution is 2.02. The van der Waals surface area contributed by atoms with Crippen LogP contribution in [0.3, 0.4) is 0 Å². The molecule has 0 saturated carbocycles. The van der Waals surface area contributed by atoms with Crippen LogP contribution in [0.25, 0.3) is 0 Å². The number of esters is 1. The van der Waals surface area contributed by atoms with Gasteiger partial charge in [-0.25, -0.2) is 0 Å². The van der Waals surface area contributed by atoms with E-state index in [-0.39, 0.29) is 25.4 Å². The Labute approximate surface area is 106 Å². The summed E-state index contributed by atoms with van der Waals surface area (Å²) in [6.07, 6.45) is -0.192. The maximum atomic E-state index is 11.2. The van der Waals surface area contributed by atoms with Crippen molar-refractivity contribution in [3.63, 3.8) is 0 Å². The monoisotopic (exact) mass is 258 g/mol. The van der Waals surface area contributed by atoms with Crippen LogP contribution in [-0.2, 0) is 20.9 Å². The van der Waals surface area contributed by atoms with E-state index in [4.69, 9.17) is 16.2 Å². The molecule has 0 bridgehead atoms. The summed E-state index contributed by atoms with van der Waals surface area (Å²) in [7, 11) is 0. The van der Waals surface area contributed by atoms with Crippen LogP contribution in [-0.4, -0.2) is 17.9 Å². The summed E-state index contributed by atoms with van der Waals surface area (Å²) in [5.74, 6) is -1.24. The van der Waals surface area contributed by atoms with Crippen molar-refractivity contribution in [3.8, 4) is 0 Å². The molecule has 0 fully saturated rings. The Morgan fingerprint density at radius 3 is 2.35 bits per heavy atom. The summed E-state index contributed by atoms with van der Waals surface area (Å²) >= 11 is 0. The summed E-state index contributed by atoms with van der Waals surface area (Å²) in [6, 6.07) is 8.25. The summed E-state index contributed by atoms with van der Waals surface area (Å²) < 4.78 is 4.92. The van der Waals surface area contributed by atoms with Crippen LogP contribution in [0.5, 0.6) is 0 Å². The Hall–Kier alpha value is -1.59. The number of benzene rings is 1. The van der Waals surface area contributed by atoms with Crippen LogP contribution in [0, 0.1) is 0 Å². The van der Waals surface area contributed by atoms with E-state index >= 15 is 0 Å². The zero-order chi connectivity index (χ0) is 12.0. The smallest absolute Gasteiger partial charge is 0.308 e. The molecule has 0 saturated heterocycles. The number of nitrogens with two attached hydrogens (primary N) is 2. The fourth-order valence-electron chi connectivity index (χ4n) is 1.08. The number of primary amides is 1. The van der Waals surface area contributed by atoms with E-state index in [1.165, 1.54) is 0 Å². The average Bonchev–Trinajstić information content (AvgIpc) is 2.27. The standard InChI is InChI=1S/C11H14N2O3.ClH/c12-9(11(13)15)6-10(14)16-7-8-4-2-1-3-5-8;/h1-5,9H,6-7,12H2,(H2,13,15);1H. The van der Waals surface area contributed by atoms with Crippen LogP contribution in [0.2, 0.25) is 0 Å². The predicted molar refractivity (Wildman–Crippen MR) is 65.3 cm³/mol. The van der Waals surface area contributed by atoms with Crippen molar-refractivity contribution in [2.45, 2.75) is 19.1 Å². The lowest BCUT2D eigenvalue weighted by Gasteiger charge is -2.07. The van der Waals surface area contributed by atoms with Gasteiger partial charge in [0.15, 0.2) is 0 Å². The highest BCUT2D eigenvalue weighted by molar-refractivity contribution is 5.85. The maximum Gasteiger partial charge on any atom is 0.308 e. The molecule has 0 aliphatic carbocycles. The van der Waals surface area contributed by atoms with Gasteiger partial charge in [-0.15, -0.1) is 12.4 Å². The van der Waals surface area contributed by atoms with Gasteiger partial charge in [0.05, 0.1) is 12.5 Å². The second-order valence-electron chi connectivity index (χ2n) is 3.36. The van der Waals surface area contributed by atoms with Gasteiger partial charge in [0.1, 0.15) is 6.61 Å². The fourth-order valence-corrected chi connectivity index (χ4v) is 1.08. The van der Waals surface area contributed by atoms with E-state index in [0.29, 0.717) is 0 Å². The molecule has 1 amide bonds. The van der Waals surface area contributed by atoms with Gasteiger partial charge in [-0.2, -0.15) is 0 Å². The summed E-state index contributed by atoms with van der Waals surface area (Å²) in [6.45, 7) is 0.172. The lowest BCUT2D eigenvalue weighted by Crippen LogP contribution is -2.38. The molecule has 1 aromatic carbocycles. The van der Waals surface area contributed by atoms with E-state index in [1.807, 2.05) is 30.3 Å². The Balaban J connectivity index is 0.00000256. The van der Waals surface area contributed by atoms with E-state index in [0.717, 1.165) is 5.56 Å². The highest BCUT2D eigenvalue weighted by Gasteiger charge is 2.15. The molecule has 0 aromatic heterocycles. The zero-order valence-electron chi connectivity index (χ0n) is 9.17. The number of amides is 1. The first-order valence-corrected chi connectivity index (χ1v) is 4.84. The lowest BCUT2D eigenvalue weighted by atomic mass is 10.2. The SMILES string of the molecule is Cl.NC(=O)C(N)CC(=O)OCc1ccccc1. The minimum Gasteiger partial charge on any atom is -0.461 e. The van der Waals surface area contributed by atoms with Crippen molar-refractivity contribution in [2.75, 3.05) is 0 Å². The molecule has 5 nitrogen and oxygen atoms in total. The largest absolute Gasteiger partial charge is 0.461 e. The van der Waals surface area contributed by atoms with Crippen LogP contribution in [0.4, 0.5) is 0 Å². The van der Waals surface area contributed by atoms with E-state index in [2.05, 4.69) is 0 Å². The van der Waals surface area contributed by atoms with Crippen molar-refractivity contribution in [3.05, 3.63) is 35.9 Å². The molecule has 1 unspecified atom stereocenters. The summed E-state index contributed by atoms with van der Waals surface area (Å²) in [5, 5.41) is 0. The molecular weight excluding hydrogens is 244 g/mol. The van der Waals surface area contributed by atoms with Crippen LogP contribution in [0.15, 0.2) is 30.3 Å². The van der Waals surface area contributed by atoms with Gasteiger partial charge in [-0.05, 0) is 5.56 Å². The third-order valence-electron chi connectivity index (χ3n) is 1.99. The molecule has 1 aromatic rings. The van der Waals surface area contributed by atoms with Crippen LogP contribution in [0.1, 0.15) is 12.0 Å². The van der Waals surface area contributed by atoms with E-state index in [9.17, 15) is 9.59 Å². The van der Waals surface area contributed by atoms with Crippen molar-refractivity contribution in [2.24, 2.45) is 11.5 Å². The van der Waals surface area contributed by atoms with Crippen molar-refractivity contribution < 1.29 is 14.3 Å². The van der Waals surface area contributed by atoms with Gasteiger partial charge in [0, 0.05) is 0 Å². The Morgan fingerprint density at radius 1 is 1.24 bits per heavy atom. The Kier molecular flexibility index (Phi) is 6.93. The molecule has 4 N–H and O–H groups in total. The number of hydrogen-bond acceptors (Lipinski definition) is 4. The van der Waals surface area contributed by atoms with Gasteiger partial charge < -0.3 is 16.2 Å². The first-order valence-electron chi connectivity index (χ1n) is 4.84. The Bertz CT molecular complexity index is 370. The molecule has 0 radical (unpaired) electrons. The average molecular weight is 259 g/mol. The molecule has 0 aliphatic heterocycles. The minimum atomic E-state index is -0.983. The van der Waals surface area contributed by atoms with E-state index < -0.39 is 17.9 Å². The topological polar surface area (TPSA) is 95.4 Å². The zero-order valence-corrected chi connectivity index (χ0v) is 9.98. The minimum absolute atomic E-state index is 0. The molecule has 1 atom stereocenters. The molecule has 0 spiro atoms. The molecule has 0 heterocycles. The number of ether oxygens (including phenoxy) is 1. The summed E-state index contributed by atoms with van der Waals surface area (Å²) in [5.41, 5.74) is 11.1. The van der Waals surface area contributed by atoms with Gasteiger partial charge >= 0.3 is 5.97 Å². The fraction of sp³-hybridized carbons (Fsp3) is 0.273. The van der Waals surface area contributed by atoms with Gasteiger partial charge in [0.25, 0.3) is 0 Å². The molecule has 0 aliphatic rings. The maximum absolute atomic E-state index is 11.2. The number of halogens is 1. The van der Waals surface area contributed by atoms with Gasteiger partial charge in [-0.3, -0.25) is 9.59 Å². The lowest BCUT2D eigenvalue weighted by molar-refractivity contribution is -0.146. The van der Waals surface area contributed by atoms with Gasteiger partial charge in [-0.1, -0.05) is 30.3 Å². The summed E-state index contributed by atoms with van der Waals surface area (Å²) in [4.78, 5) is 21.8. The second kappa shape index (κ2) is 7.65. The van der Waals surface area contributed by atoms with Gasteiger partial charge in [0.2, 0.25) is 5.91 Å². The quantitative estimate of drug-likeness (QED) is 0.745. The van der Waals surface area contributed by atoms with Crippen molar-refractivity contribution in [1.82, 2.24) is 0 Å². The van der Waals surface area contributed by atoms with Crippen molar-refractivity contribution >= 4 is 24.3 Å². The molecule has 6 heteroatoms. The Morgan fingerprint density at radius 2 is 1.82 bits per heavy atom. The molecular formula is C11H15ClN2O3. The number of hydrogen-bond donors (Lipinski definition) is 2. The molecule has 1 rings (SSSR count). The normalized spacial score (nSPS) is 11.1. The molecule has 17 heavy (non-hydrogen) atoms. The van der Waals surface area contributed by atoms with E-state index in [1.54, 1.807) is 0 Å². The number of rotatable bonds is 5. The number of carbonyl (C=O) groups is 2. The highest BCUT2D eigenvalue weighted by atomic mass is 35.5. The predicted octanol–water partition coefficient (Wildman–Crippen LogP) is 0.354. The van der Waals surface area contributed by atoms with Crippen LogP contribution < -0.4 is 11.5 Å². The van der Waals surface area contributed by atoms with Crippen molar-refractivity contribution in [1.29, 1.82) is 0 Å².